The highest BCUT2D eigenvalue weighted by molar-refractivity contribution is 6.30. The molecule has 0 fully saturated rings. The van der Waals surface area contributed by atoms with Crippen molar-refractivity contribution in [3.05, 3.63) is 79.6 Å². The van der Waals surface area contributed by atoms with Crippen molar-refractivity contribution >= 4 is 29.1 Å². The molecule has 1 amide bonds. The molecule has 0 aliphatic rings. The van der Waals surface area contributed by atoms with Crippen LogP contribution in [0.5, 0.6) is 5.75 Å². The lowest BCUT2D eigenvalue weighted by molar-refractivity contribution is -0.140. The van der Waals surface area contributed by atoms with Gasteiger partial charge in [0.15, 0.2) is 0 Å². The van der Waals surface area contributed by atoms with Crippen LogP contribution in [-0.2, 0) is 17.9 Å². The zero-order valence-electron chi connectivity index (χ0n) is 21.8. The lowest BCUT2D eigenvalue weighted by Crippen LogP contribution is -2.46. The number of rotatable bonds is 10. The van der Waals surface area contributed by atoms with E-state index >= 15 is 0 Å². The topological polar surface area (TPSA) is 107 Å². The molecule has 0 bridgehead atoms. The van der Waals surface area contributed by atoms with Gasteiger partial charge in [0.2, 0.25) is 11.9 Å². The standard InChI is InChI=1S/C26H29ClF3N5O4/c1-15(2)39-21-10-9-20(11-16(21)3)32-23-33-24(37)35(12-17(4)22(36)31-14-26(28,29)30)25(38)34(23)13-18-5-7-19(27)8-6-18/h5-11,15,17H,12-14H2,1-4H3,(H,31,36)(H,32,33,37)/t17-/m0/s1. The number of nitrogens with one attached hydrogen (secondary N) is 2. The summed E-state index contributed by atoms with van der Waals surface area (Å²) in [5, 5.41) is 5.25. The monoisotopic (exact) mass is 567 g/mol. The van der Waals surface area contributed by atoms with Gasteiger partial charge < -0.3 is 15.4 Å². The molecule has 0 saturated heterocycles. The first-order valence-electron chi connectivity index (χ1n) is 12.1. The molecule has 0 spiro atoms. The summed E-state index contributed by atoms with van der Waals surface area (Å²) in [6.45, 7) is 4.98. The van der Waals surface area contributed by atoms with Gasteiger partial charge in [-0.15, -0.1) is 0 Å². The molecule has 0 aliphatic heterocycles. The molecule has 1 aromatic heterocycles. The van der Waals surface area contributed by atoms with Crippen LogP contribution in [0.4, 0.5) is 24.8 Å². The Morgan fingerprint density at radius 3 is 2.33 bits per heavy atom. The molecular weight excluding hydrogens is 539 g/mol. The summed E-state index contributed by atoms with van der Waals surface area (Å²) < 4.78 is 45.2. The summed E-state index contributed by atoms with van der Waals surface area (Å²) in [6.07, 6.45) is -4.62. The van der Waals surface area contributed by atoms with Gasteiger partial charge in [0.1, 0.15) is 12.3 Å². The Morgan fingerprint density at radius 1 is 1.08 bits per heavy atom. The van der Waals surface area contributed by atoms with E-state index in [1.807, 2.05) is 20.8 Å². The van der Waals surface area contributed by atoms with Crippen molar-refractivity contribution in [1.29, 1.82) is 0 Å². The number of amides is 1. The maximum Gasteiger partial charge on any atom is 0.405 e. The van der Waals surface area contributed by atoms with Crippen LogP contribution in [-0.4, -0.2) is 38.9 Å². The normalized spacial score (nSPS) is 12.3. The van der Waals surface area contributed by atoms with Crippen molar-refractivity contribution in [3.63, 3.8) is 0 Å². The Kier molecular flexibility index (Phi) is 9.44. The summed E-state index contributed by atoms with van der Waals surface area (Å²) in [7, 11) is 0. The Labute approximate surface area is 227 Å². The number of alkyl halides is 3. The molecule has 1 heterocycles. The molecule has 3 aromatic rings. The van der Waals surface area contributed by atoms with Crippen molar-refractivity contribution in [3.8, 4) is 5.75 Å². The number of benzene rings is 2. The third-order valence-corrected chi connectivity index (χ3v) is 5.82. The van der Waals surface area contributed by atoms with Crippen LogP contribution < -0.4 is 26.7 Å². The van der Waals surface area contributed by atoms with Gasteiger partial charge in [-0.25, -0.2) is 14.2 Å². The van der Waals surface area contributed by atoms with Crippen LogP contribution in [0.15, 0.2) is 52.1 Å². The van der Waals surface area contributed by atoms with Gasteiger partial charge in [-0.1, -0.05) is 30.7 Å². The maximum absolute atomic E-state index is 13.5. The van der Waals surface area contributed by atoms with E-state index in [9.17, 15) is 27.6 Å². The summed E-state index contributed by atoms with van der Waals surface area (Å²) in [4.78, 5) is 42.5. The number of ether oxygens (including phenoxy) is 1. The van der Waals surface area contributed by atoms with Gasteiger partial charge in [-0.3, -0.25) is 9.36 Å². The van der Waals surface area contributed by atoms with E-state index in [4.69, 9.17) is 16.3 Å². The van der Waals surface area contributed by atoms with Crippen LogP contribution in [0.2, 0.25) is 5.02 Å². The summed E-state index contributed by atoms with van der Waals surface area (Å²) in [5.41, 5.74) is 0.273. The fourth-order valence-corrected chi connectivity index (χ4v) is 3.78. The second-order valence-corrected chi connectivity index (χ2v) is 9.77. The number of hydrogen-bond acceptors (Lipinski definition) is 6. The van der Waals surface area contributed by atoms with Crippen LogP contribution >= 0.6 is 11.6 Å². The molecule has 9 nitrogen and oxygen atoms in total. The molecule has 1 atom stereocenters. The smallest absolute Gasteiger partial charge is 0.405 e. The largest absolute Gasteiger partial charge is 0.491 e. The van der Waals surface area contributed by atoms with E-state index in [1.54, 1.807) is 47.8 Å². The van der Waals surface area contributed by atoms with Crippen LogP contribution in [0, 0.1) is 12.8 Å². The first-order chi connectivity index (χ1) is 18.2. The lowest BCUT2D eigenvalue weighted by Gasteiger charge is -2.18. The number of nitrogens with zero attached hydrogens (tertiary/aromatic N) is 3. The highest BCUT2D eigenvalue weighted by Crippen LogP contribution is 2.24. The molecule has 0 unspecified atom stereocenters. The van der Waals surface area contributed by atoms with E-state index in [2.05, 4.69) is 10.3 Å². The predicted molar refractivity (Wildman–Crippen MR) is 142 cm³/mol. The Morgan fingerprint density at radius 2 is 1.74 bits per heavy atom. The zero-order valence-corrected chi connectivity index (χ0v) is 22.6. The van der Waals surface area contributed by atoms with Crippen LogP contribution in [0.1, 0.15) is 31.9 Å². The van der Waals surface area contributed by atoms with Gasteiger partial charge in [0, 0.05) is 17.3 Å². The van der Waals surface area contributed by atoms with Crippen LogP contribution in [0.3, 0.4) is 0 Å². The zero-order chi connectivity index (χ0) is 28.9. The minimum absolute atomic E-state index is 0.00616. The molecule has 3 rings (SSSR count). The minimum atomic E-state index is -4.59. The van der Waals surface area contributed by atoms with Gasteiger partial charge in [0.05, 0.1) is 18.6 Å². The van der Waals surface area contributed by atoms with E-state index in [0.29, 0.717) is 22.0 Å². The van der Waals surface area contributed by atoms with Crippen molar-refractivity contribution in [2.24, 2.45) is 5.92 Å². The fraction of sp³-hybridized carbons (Fsp3) is 0.385. The summed E-state index contributed by atoms with van der Waals surface area (Å²) in [6, 6.07) is 11.9. The van der Waals surface area contributed by atoms with E-state index in [-0.39, 0.29) is 18.6 Å². The number of aryl methyl sites for hydroxylation is 1. The Balaban J connectivity index is 1.98. The van der Waals surface area contributed by atoms with E-state index in [0.717, 1.165) is 10.1 Å². The number of anilines is 2. The van der Waals surface area contributed by atoms with E-state index < -0.39 is 42.5 Å². The molecule has 13 heteroatoms. The quantitative estimate of drug-likeness (QED) is 0.379. The third kappa shape index (κ3) is 8.34. The molecule has 0 radical (unpaired) electrons. The lowest BCUT2D eigenvalue weighted by atomic mass is 10.1. The second-order valence-electron chi connectivity index (χ2n) is 9.33. The fourth-order valence-electron chi connectivity index (χ4n) is 3.66. The Bertz CT molecular complexity index is 1440. The van der Waals surface area contributed by atoms with Crippen molar-refractivity contribution in [1.82, 2.24) is 19.4 Å². The van der Waals surface area contributed by atoms with Gasteiger partial charge in [-0.2, -0.15) is 18.2 Å². The van der Waals surface area contributed by atoms with Gasteiger partial charge in [-0.05, 0) is 62.2 Å². The first kappa shape index (κ1) is 29.8. The van der Waals surface area contributed by atoms with Gasteiger partial charge in [0.25, 0.3) is 0 Å². The number of aromatic nitrogens is 3. The second kappa shape index (κ2) is 12.4. The average molecular weight is 568 g/mol. The maximum atomic E-state index is 13.5. The van der Waals surface area contributed by atoms with Crippen LogP contribution in [0.25, 0.3) is 0 Å². The molecule has 2 N–H and O–H groups in total. The van der Waals surface area contributed by atoms with Crippen molar-refractivity contribution < 1.29 is 22.7 Å². The summed E-state index contributed by atoms with van der Waals surface area (Å²) in [5.74, 6) is -1.44. The van der Waals surface area contributed by atoms with E-state index in [1.165, 1.54) is 11.5 Å². The number of halogens is 4. The molecular formula is C26H29ClF3N5O4. The minimum Gasteiger partial charge on any atom is -0.491 e. The molecule has 39 heavy (non-hydrogen) atoms. The molecule has 210 valence electrons. The number of hydrogen-bond donors (Lipinski definition) is 2. The average Bonchev–Trinajstić information content (AvgIpc) is 2.84. The highest BCUT2D eigenvalue weighted by Gasteiger charge is 2.29. The van der Waals surface area contributed by atoms with Crippen molar-refractivity contribution in [2.45, 2.75) is 53.1 Å². The van der Waals surface area contributed by atoms with Gasteiger partial charge >= 0.3 is 17.6 Å². The third-order valence-electron chi connectivity index (χ3n) is 5.56. The number of carbonyl (C=O) groups is 1. The number of carbonyl (C=O) groups excluding carboxylic acids is 1. The molecule has 0 saturated carbocycles. The summed E-state index contributed by atoms with van der Waals surface area (Å²) >= 11 is 5.97. The molecule has 2 aromatic carbocycles. The SMILES string of the molecule is Cc1cc(Nc2nc(=O)n(C[C@H](C)C(=O)NCC(F)(F)F)c(=O)n2Cc2ccc(Cl)cc2)ccc1OC(C)C. The molecule has 0 aliphatic carbocycles. The highest BCUT2D eigenvalue weighted by atomic mass is 35.5. The Hall–Kier alpha value is -3.80. The first-order valence-corrected chi connectivity index (χ1v) is 12.5. The van der Waals surface area contributed by atoms with Crippen molar-refractivity contribution in [2.75, 3.05) is 11.9 Å². The predicted octanol–water partition coefficient (Wildman–Crippen LogP) is 4.26.